The first-order valence-corrected chi connectivity index (χ1v) is 42.3. The summed E-state index contributed by atoms with van der Waals surface area (Å²) >= 11 is 0. The predicted octanol–water partition coefficient (Wildman–Crippen LogP) is 30.6. The Kier molecular flexibility index (Phi) is 18.1. The molecule has 124 heavy (non-hydrogen) atoms. The van der Waals surface area contributed by atoms with E-state index in [1.807, 2.05) is 24.5 Å². The third-order valence-electron chi connectivity index (χ3n) is 24.7. The summed E-state index contributed by atoms with van der Waals surface area (Å²) in [4.78, 5) is 14.7. The van der Waals surface area contributed by atoms with Crippen LogP contribution in [0.3, 0.4) is 0 Å². The Bertz CT molecular complexity index is 8090. The number of rotatable bonds is 14. The first kappa shape index (κ1) is 72.6. The normalized spacial score (nSPS) is 11.5. The minimum absolute atomic E-state index is 0.641. The highest BCUT2D eigenvalue weighted by Crippen LogP contribution is 2.45. The lowest BCUT2D eigenvalue weighted by molar-refractivity contribution is 0.995. The summed E-state index contributed by atoms with van der Waals surface area (Å²) in [5.74, 6) is 0.641. The van der Waals surface area contributed by atoms with Crippen LogP contribution in [0.5, 0.6) is 0 Å². The zero-order valence-corrected chi connectivity index (χ0v) is 67.6. The molecule has 0 spiro atoms. The molecule has 0 saturated heterocycles. The Hall–Kier alpha value is -16.6. The van der Waals surface area contributed by atoms with Crippen molar-refractivity contribution in [2.75, 3.05) is 0 Å². The standard InChI is InChI=1S/C59H39N3.C58H38N4/c1-2-8-50(9-3-1)61-56-12-6-4-10-52(56)54-38-48(28-32-58(54)61)45-22-18-42(19-23-45)40-14-16-41(17-15-40)43-20-24-46(25-21-43)49-29-33-59-55(39-49)53-11-5-7-13-57(53)62(59)51-30-26-44(27-31-51)47-34-36-60-37-35-47;1-4-18-39(19-5-1)52-38-53(40-20-6-2-7-21-40)60-58(59-52)62-55-31-17-15-29-49(55)51-37-42(33-35-57(51)62)45-25-11-13-27-47(45)46-26-12-10-24-44(46)41-32-34-56-50(36-41)48-28-14-16-30-54(48)61(56)43-22-8-3-9-23-43/h1-39H;1-38H. The number of fused-ring (bicyclic) bond motifs is 12. The fourth-order valence-electron chi connectivity index (χ4n) is 18.7. The first-order chi connectivity index (χ1) is 61.5. The van der Waals surface area contributed by atoms with Crippen LogP contribution in [-0.2, 0) is 0 Å². The molecule has 0 bridgehead atoms. The number of hydrogen-bond acceptors (Lipinski definition) is 3. The third-order valence-corrected chi connectivity index (χ3v) is 24.7. The molecule has 0 aliphatic rings. The highest BCUT2D eigenvalue weighted by molar-refractivity contribution is 6.15. The highest BCUT2D eigenvalue weighted by Gasteiger charge is 2.23. The molecule has 6 heterocycles. The number of pyridine rings is 1. The lowest BCUT2D eigenvalue weighted by atomic mass is 9.89. The zero-order chi connectivity index (χ0) is 82.0. The first-order valence-electron chi connectivity index (χ1n) is 42.3. The second-order valence-electron chi connectivity index (χ2n) is 31.8. The quantitative estimate of drug-likeness (QED) is 0.109. The van der Waals surface area contributed by atoms with Crippen molar-refractivity contribution in [3.8, 4) is 135 Å². The van der Waals surface area contributed by atoms with Gasteiger partial charge in [0.05, 0.1) is 55.5 Å². The summed E-state index contributed by atoms with van der Waals surface area (Å²) in [6.07, 6.45) is 3.68. The Labute approximate surface area is 717 Å². The van der Waals surface area contributed by atoms with Crippen LogP contribution in [-0.4, -0.2) is 33.2 Å². The number of aromatic nitrogens is 7. The molecule has 18 aromatic carbocycles. The average molecular weight is 1580 g/mol. The second-order valence-corrected chi connectivity index (χ2v) is 31.8. The van der Waals surface area contributed by atoms with Crippen LogP contribution in [0.4, 0.5) is 0 Å². The number of para-hydroxylation sites is 6. The van der Waals surface area contributed by atoms with E-state index in [2.05, 4.69) is 466 Å². The van der Waals surface area contributed by atoms with Crippen molar-refractivity contribution in [2.45, 2.75) is 0 Å². The van der Waals surface area contributed by atoms with Crippen molar-refractivity contribution >= 4 is 87.2 Å². The molecule has 7 nitrogen and oxygen atoms in total. The molecular weight excluding hydrogens is 1500 g/mol. The fourth-order valence-corrected chi connectivity index (χ4v) is 18.7. The molecule has 6 aromatic heterocycles. The summed E-state index contributed by atoms with van der Waals surface area (Å²) in [5, 5.41) is 9.81. The van der Waals surface area contributed by atoms with Crippen LogP contribution in [0, 0.1) is 0 Å². The molecule has 580 valence electrons. The van der Waals surface area contributed by atoms with Crippen molar-refractivity contribution < 1.29 is 0 Å². The molecule has 7 heteroatoms. The average Bonchev–Trinajstić information content (AvgIpc) is 1.60. The minimum atomic E-state index is 0.641. The third kappa shape index (κ3) is 13.0. The van der Waals surface area contributed by atoms with Crippen molar-refractivity contribution in [3.05, 3.63) is 467 Å². The van der Waals surface area contributed by atoms with E-state index in [-0.39, 0.29) is 0 Å². The van der Waals surface area contributed by atoms with Crippen LogP contribution < -0.4 is 0 Å². The van der Waals surface area contributed by atoms with E-state index in [1.54, 1.807) is 0 Å². The van der Waals surface area contributed by atoms with Crippen LogP contribution >= 0.6 is 0 Å². The second kappa shape index (κ2) is 31.0. The van der Waals surface area contributed by atoms with Gasteiger partial charge in [-0.05, 0) is 216 Å². The maximum atomic E-state index is 5.25. The Morgan fingerprint density at radius 3 is 0.750 bits per heavy atom. The van der Waals surface area contributed by atoms with E-state index in [0.29, 0.717) is 5.95 Å². The fraction of sp³-hybridized carbons (Fsp3) is 0. The molecule has 0 aliphatic carbocycles. The van der Waals surface area contributed by atoms with Gasteiger partial charge in [-0.3, -0.25) is 9.55 Å². The van der Waals surface area contributed by atoms with Crippen molar-refractivity contribution in [1.29, 1.82) is 0 Å². The largest absolute Gasteiger partial charge is 0.309 e. The molecule has 0 saturated carbocycles. The molecule has 0 amide bonds. The van der Waals surface area contributed by atoms with Crippen LogP contribution in [0.1, 0.15) is 0 Å². The SMILES string of the molecule is c1ccc(-c2cc(-c3ccccc3)nc(-n3c4ccccc4c4cc(-c5ccccc5-c5ccccc5-c5ccc6c(c5)c5ccccc5n6-c5ccccc5)ccc43)n2)cc1.c1ccc(-n2c3ccccc3c3cc(-c4ccc(-c5ccc(-c6ccc(-c7ccc8c(c7)c7ccccc7n8-c7ccc(-c8ccncc8)cc7)cc6)cc5)cc4)ccc32)cc1. The van der Waals surface area contributed by atoms with Crippen LogP contribution in [0.25, 0.3) is 222 Å². The summed E-state index contributed by atoms with van der Waals surface area (Å²) in [5.41, 5.74) is 35.8. The van der Waals surface area contributed by atoms with Gasteiger partial charge in [-0.1, -0.05) is 328 Å². The molecule has 24 aromatic rings. The Balaban J connectivity index is 0.000000143. The van der Waals surface area contributed by atoms with Crippen LogP contribution in [0.15, 0.2) is 467 Å². The van der Waals surface area contributed by atoms with E-state index >= 15 is 0 Å². The summed E-state index contributed by atoms with van der Waals surface area (Å²) in [6.45, 7) is 0. The molecular formula is C117H77N7. The van der Waals surface area contributed by atoms with Gasteiger partial charge >= 0.3 is 0 Å². The van der Waals surface area contributed by atoms with E-state index in [9.17, 15) is 0 Å². The molecule has 0 fully saturated rings. The molecule has 0 aliphatic heterocycles. The highest BCUT2D eigenvalue weighted by atomic mass is 15.2. The van der Waals surface area contributed by atoms with Gasteiger partial charge < -0.3 is 13.7 Å². The summed E-state index contributed by atoms with van der Waals surface area (Å²) < 4.78 is 9.33. The zero-order valence-electron chi connectivity index (χ0n) is 67.6. The topological polar surface area (TPSA) is 58.4 Å². The van der Waals surface area contributed by atoms with Gasteiger partial charge in [-0.2, -0.15) is 0 Å². The van der Waals surface area contributed by atoms with E-state index in [1.165, 1.54) is 149 Å². The van der Waals surface area contributed by atoms with Gasteiger partial charge in [0.15, 0.2) is 0 Å². The maximum Gasteiger partial charge on any atom is 0.235 e. The van der Waals surface area contributed by atoms with Gasteiger partial charge in [-0.25, -0.2) is 9.97 Å². The van der Waals surface area contributed by atoms with Gasteiger partial charge in [0, 0.05) is 83.7 Å². The summed E-state index contributed by atoms with van der Waals surface area (Å²) in [7, 11) is 0. The van der Waals surface area contributed by atoms with Gasteiger partial charge in [0.1, 0.15) is 0 Å². The minimum Gasteiger partial charge on any atom is -0.309 e. The van der Waals surface area contributed by atoms with Crippen molar-refractivity contribution in [1.82, 2.24) is 33.2 Å². The Morgan fingerprint density at radius 2 is 0.387 bits per heavy atom. The molecule has 0 atom stereocenters. The van der Waals surface area contributed by atoms with Gasteiger partial charge in [0.25, 0.3) is 0 Å². The number of nitrogens with zero attached hydrogens (tertiary/aromatic N) is 7. The van der Waals surface area contributed by atoms with Gasteiger partial charge in [-0.15, -0.1) is 0 Å². The van der Waals surface area contributed by atoms with Crippen molar-refractivity contribution in [3.63, 3.8) is 0 Å². The number of benzene rings is 18. The predicted molar refractivity (Wildman–Crippen MR) is 518 cm³/mol. The lowest BCUT2D eigenvalue weighted by Gasteiger charge is -2.15. The molecule has 24 rings (SSSR count). The Morgan fingerprint density at radius 1 is 0.145 bits per heavy atom. The van der Waals surface area contributed by atoms with E-state index in [0.717, 1.165) is 66.8 Å². The smallest absolute Gasteiger partial charge is 0.235 e. The van der Waals surface area contributed by atoms with Gasteiger partial charge in [0.2, 0.25) is 5.95 Å². The molecule has 0 unspecified atom stereocenters. The maximum absolute atomic E-state index is 5.25. The monoisotopic (exact) mass is 1580 g/mol. The van der Waals surface area contributed by atoms with E-state index < -0.39 is 0 Å². The van der Waals surface area contributed by atoms with Crippen LogP contribution in [0.2, 0.25) is 0 Å². The van der Waals surface area contributed by atoms with Crippen molar-refractivity contribution in [2.24, 2.45) is 0 Å². The summed E-state index contributed by atoms with van der Waals surface area (Å²) in [6, 6.07) is 164. The molecule has 0 radical (unpaired) electrons. The molecule has 0 N–H and O–H groups in total. The van der Waals surface area contributed by atoms with E-state index in [4.69, 9.17) is 9.97 Å². The number of hydrogen-bond donors (Lipinski definition) is 0. The lowest BCUT2D eigenvalue weighted by Crippen LogP contribution is -2.04.